The van der Waals surface area contributed by atoms with Crippen molar-refractivity contribution in [3.8, 4) is 0 Å². The highest BCUT2D eigenvalue weighted by Crippen LogP contribution is 2.32. The van der Waals surface area contributed by atoms with Crippen LogP contribution in [0.2, 0.25) is 0 Å². The summed E-state index contributed by atoms with van der Waals surface area (Å²) in [4.78, 5) is 11.7. The van der Waals surface area contributed by atoms with Gasteiger partial charge in [0, 0.05) is 6.54 Å². The van der Waals surface area contributed by atoms with Crippen molar-refractivity contribution < 1.29 is 22.4 Å². The zero-order chi connectivity index (χ0) is 16.9. The van der Waals surface area contributed by atoms with Gasteiger partial charge >= 0.3 is 12.2 Å². The van der Waals surface area contributed by atoms with Crippen molar-refractivity contribution in [2.75, 3.05) is 0 Å². The van der Waals surface area contributed by atoms with E-state index in [4.69, 9.17) is 0 Å². The summed E-state index contributed by atoms with van der Waals surface area (Å²) in [5.74, 6) is -0.431. The van der Waals surface area contributed by atoms with Crippen molar-refractivity contribution in [1.82, 2.24) is 10.6 Å². The average molecular weight is 326 g/mol. The number of hydrogen-bond acceptors (Lipinski definition) is 1. The third-order valence-corrected chi connectivity index (χ3v) is 3.10. The van der Waals surface area contributed by atoms with Gasteiger partial charge in [0.1, 0.15) is 5.82 Å². The molecule has 1 unspecified atom stereocenters. The second kappa shape index (κ2) is 7.13. The topological polar surface area (TPSA) is 41.1 Å². The van der Waals surface area contributed by atoms with Crippen LogP contribution in [0.5, 0.6) is 0 Å². The van der Waals surface area contributed by atoms with Crippen molar-refractivity contribution in [3.05, 3.63) is 71.5 Å². The van der Waals surface area contributed by atoms with Crippen LogP contribution in [0, 0.1) is 5.82 Å². The first kappa shape index (κ1) is 16.8. The Kier molecular flexibility index (Phi) is 5.20. The number of rotatable bonds is 4. The zero-order valence-corrected chi connectivity index (χ0v) is 11.9. The third kappa shape index (κ3) is 4.98. The minimum Gasteiger partial charge on any atom is -0.334 e. The number of amides is 2. The Labute approximate surface area is 130 Å². The van der Waals surface area contributed by atoms with Crippen LogP contribution in [-0.4, -0.2) is 12.2 Å². The maximum Gasteiger partial charge on any atom is 0.412 e. The van der Waals surface area contributed by atoms with E-state index in [1.165, 1.54) is 48.5 Å². The molecule has 1 atom stereocenters. The smallest absolute Gasteiger partial charge is 0.334 e. The highest BCUT2D eigenvalue weighted by molar-refractivity contribution is 5.74. The number of urea groups is 1. The molecular weight excluding hydrogens is 312 g/mol. The lowest BCUT2D eigenvalue weighted by atomic mass is 10.1. The van der Waals surface area contributed by atoms with E-state index < -0.39 is 24.1 Å². The van der Waals surface area contributed by atoms with E-state index in [1.54, 1.807) is 6.07 Å². The lowest BCUT2D eigenvalue weighted by molar-refractivity contribution is -0.154. The van der Waals surface area contributed by atoms with Crippen molar-refractivity contribution >= 4 is 6.03 Å². The normalized spacial score (nSPS) is 12.5. The van der Waals surface area contributed by atoms with Crippen LogP contribution in [0.3, 0.4) is 0 Å². The van der Waals surface area contributed by atoms with Gasteiger partial charge in [0.2, 0.25) is 0 Å². The van der Waals surface area contributed by atoms with Gasteiger partial charge < -0.3 is 10.6 Å². The standard InChI is InChI=1S/C16H14F4N2O/c17-13-8-6-11(7-9-13)10-21-15(23)22-14(16(18,19)20)12-4-2-1-3-5-12/h1-9,14H,10H2,(H2,21,22,23). The number of nitrogens with one attached hydrogen (secondary N) is 2. The van der Waals surface area contributed by atoms with E-state index in [0.29, 0.717) is 5.56 Å². The Morgan fingerprint density at radius 1 is 1.00 bits per heavy atom. The molecule has 0 saturated carbocycles. The van der Waals surface area contributed by atoms with E-state index in [9.17, 15) is 22.4 Å². The Balaban J connectivity index is 1.99. The number of carbonyl (C=O) groups excluding carboxylic acids is 1. The molecule has 0 spiro atoms. The van der Waals surface area contributed by atoms with Crippen molar-refractivity contribution in [3.63, 3.8) is 0 Å². The van der Waals surface area contributed by atoms with Crippen LogP contribution in [-0.2, 0) is 6.54 Å². The summed E-state index contributed by atoms with van der Waals surface area (Å²) >= 11 is 0. The van der Waals surface area contributed by atoms with Crippen molar-refractivity contribution in [1.29, 1.82) is 0 Å². The van der Waals surface area contributed by atoms with Gasteiger partial charge in [0.15, 0.2) is 6.04 Å². The molecule has 2 amide bonds. The summed E-state index contributed by atoms with van der Waals surface area (Å²) in [5.41, 5.74) is 0.516. The van der Waals surface area contributed by atoms with Gasteiger partial charge in [-0.1, -0.05) is 42.5 Å². The van der Waals surface area contributed by atoms with Gasteiger partial charge in [-0.25, -0.2) is 9.18 Å². The third-order valence-electron chi connectivity index (χ3n) is 3.10. The molecule has 0 aliphatic rings. The molecule has 0 aromatic heterocycles. The predicted molar refractivity (Wildman–Crippen MR) is 77.0 cm³/mol. The fraction of sp³-hybridized carbons (Fsp3) is 0.188. The predicted octanol–water partition coefficient (Wildman–Crippen LogP) is 3.93. The number of halogens is 4. The second-order valence-corrected chi connectivity index (χ2v) is 4.84. The summed E-state index contributed by atoms with van der Waals surface area (Å²) in [7, 11) is 0. The first-order valence-electron chi connectivity index (χ1n) is 6.77. The van der Waals surface area contributed by atoms with E-state index >= 15 is 0 Å². The highest BCUT2D eigenvalue weighted by Gasteiger charge is 2.41. The summed E-state index contributed by atoms with van der Waals surface area (Å²) < 4.78 is 52.0. The van der Waals surface area contributed by atoms with Crippen LogP contribution in [0.4, 0.5) is 22.4 Å². The fourth-order valence-electron chi connectivity index (χ4n) is 1.97. The molecule has 0 radical (unpaired) electrons. The molecule has 122 valence electrons. The average Bonchev–Trinajstić information content (AvgIpc) is 2.52. The van der Waals surface area contributed by atoms with E-state index in [1.807, 2.05) is 5.32 Å². The minimum absolute atomic E-state index is 0.00845. The van der Waals surface area contributed by atoms with Gasteiger partial charge in [0.25, 0.3) is 0 Å². The van der Waals surface area contributed by atoms with Gasteiger partial charge in [-0.05, 0) is 23.3 Å². The molecule has 2 rings (SSSR count). The lowest BCUT2D eigenvalue weighted by Gasteiger charge is -2.22. The molecule has 23 heavy (non-hydrogen) atoms. The molecule has 2 aromatic rings. The molecular formula is C16H14F4N2O. The Hall–Kier alpha value is -2.57. The molecule has 2 N–H and O–H groups in total. The highest BCUT2D eigenvalue weighted by atomic mass is 19.4. The van der Waals surface area contributed by atoms with Crippen LogP contribution in [0.15, 0.2) is 54.6 Å². The van der Waals surface area contributed by atoms with Crippen LogP contribution in [0.1, 0.15) is 17.2 Å². The van der Waals surface area contributed by atoms with E-state index in [2.05, 4.69) is 5.32 Å². The summed E-state index contributed by atoms with van der Waals surface area (Å²) in [6.45, 7) is -0.00845. The fourth-order valence-corrected chi connectivity index (χ4v) is 1.97. The molecule has 0 aliphatic carbocycles. The lowest BCUT2D eigenvalue weighted by Crippen LogP contribution is -2.43. The Bertz CT molecular complexity index is 641. The van der Waals surface area contributed by atoms with Gasteiger partial charge in [0.05, 0.1) is 0 Å². The SMILES string of the molecule is O=C(NCc1ccc(F)cc1)NC(c1ccccc1)C(F)(F)F. The minimum atomic E-state index is -4.62. The maximum atomic E-state index is 13.1. The first-order valence-corrected chi connectivity index (χ1v) is 6.77. The zero-order valence-electron chi connectivity index (χ0n) is 11.9. The monoisotopic (exact) mass is 326 g/mol. The molecule has 3 nitrogen and oxygen atoms in total. The molecule has 0 saturated heterocycles. The summed E-state index contributed by atoms with van der Waals surface area (Å²) in [6.07, 6.45) is -4.62. The number of alkyl halides is 3. The molecule has 7 heteroatoms. The first-order chi connectivity index (χ1) is 10.9. The summed E-state index contributed by atoms with van der Waals surface area (Å²) in [6, 6.07) is 9.33. The van der Waals surface area contributed by atoms with Crippen LogP contribution >= 0.6 is 0 Å². The molecule has 0 aliphatic heterocycles. The molecule has 0 bridgehead atoms. The van der Waals surface area contributed by atoms with Crippen LogP contribution in [0.25, 0.3) is 0 Å². The summed E-state index contributed by atoms with van der Waals surface area (Å²) in [5, 5.41) is 4.22. The molecule has 0 heterocycles. The number of benzene rings is 2. The molecule has 0 fully saturated rings. The van der Waals surface area contributed by atoms with Gasteiger partial charge in [-0.2, -0.15) is 13.2 Å². The van der Waals surface area contributed by atoms with Gasteiger partial charge in [-0.3, -0.25) is 0 Å². The second-order valence-electron chi connectivity index (χ2n) is 4.84. The van der Waals surface area contributed by atoms with E-state index in [0.717, 1.165) is 0 Å². The Morgan fingerprint density at radius 3 is 2.17 bits per heavy atom. The van der Waals surface area contributed by atoms with Crippen LogP contribution < -0.4 is 10.6 Å². The largest absolute Gasteiger partial charge is 0.412 e. The van der Waals surface area contributed by atoms with Crippen molar-refractivity contribution in [2.45, 2.75) is 18.8 Å². The molecule has 2 aromatic carbocycles. The number of hydrogen-bond donors (Lipinski definition) is 2. The number of carbonyl (C=O) groups is 1. The maximum absolute atomic E-state index is 13.1. The van der Waals surface area contributed by atoms with Gasteiger partial charge in [-0.15, -0.1) is 0 Å². The quantitative estimate of drug-likeness (QED) is 0.821. The Morgan fingerprint density at radius 2 is 1.61 bits per heavy atom. The van der Waals surface area contributed by atoms with Crippen molar-refractivity contribution in [2.24, 2.45) is 0 Å². The van der Waals surface area contributed by atoms with E-state index in [-0.39, 0.29) is 12.1 Å².